The summed E-state index contributed by atoms with van der Waals surface area (Å²) in [7, 11) is 0. The maximum absolute atomic E-state index is 11.9. The molecule has 1 atom stereocenters. The van der Waals surface area contributed by atoms with E-state index in [1.165, 1.54) is 12.8 Å². The first-order valence-corrected chi connectivity index (χ1v) is 7.36. The van der Waals surface area contributed by atoms with Gasteiger partial charge in [0.05, 0.1) is 12.6 Å². The second-order valence-electron chi connectivity index (χ2n) is 5.47. The van der Waals surface area contributed by atoms with Gasteiger partial charge in [-0.3, -0.25) is 9.69 Å². The van der Waals surface area contributed by atoms with Gasteiger partial charge in [0, 0.05) is 12.6 Å². The molecule has 1 aliphatic rings. The number of nitrogens with zero attached hydrogens (tertiary/aromatic N) is 1. The Morgan fingerprint density at radius 2 is 2.15 bits per heavy atom. The molecule has 0 heterocycles. The van der Waals surface area contributed by atoms with Crippen LogP contribution in [0.15, 0.2) is 24.3 Å². The van der Waals surface area contributed by atoms with E-state index in [-0.39, 0.29) is 12.5 Å². The molecule has 0 saturated heterocycles. The predicted octanol–water partition coefficient (Wildman–Crippen LogP) is 1.63. The molecule has 1 aromatic carbocycles. The predicted molar refractivity (Wildman–Crippen MR) is 79.4 cm³/mol. The van der Waals surface area contributed by atoms with Crippen molar-refractivity contribution in [3.05, 3.63) is 35.4 Å². The van der Waals surface area contributed by atoms with Crippen molar-refractivity contribution < 1.29 is 9.90 Å². The van der Waals surface area contributed by atoms with Crippen molar-refractivity contribution >= 4 is 5.91 Å². The Morgan fingerprint density at radius 3 is 2.75 bits per heavy atom. The molecule has 1 saturated carbocycles. The average molecular weight is 276 g/mol. The number of aryl methyl sites for hydroxylation is 1. The minimum absolute atomic E-state index is 0.00798. The van der Waals surface area contributed by atoms with E-state index in [9.17, 15) is 9.90 Å². The molecule has 0 aromatic heterocycles. The van der Waals surface area contributed by atoms with Gasteiger partial charge in [-0.15, -0.1) is 0 Å². The molecule has 20 heavy (non-hydrogen) atoms. The van der Waals surface area contributed by atoms with E-state index in [1.807, 2.05) is 31.2 Å². The lowest BCUT2D eigenvalue weighted by Gasteiger charge is -2.20. The van der Waals surface area contributed by atoms with Crippen LogP contribution in [0.1, 0.15) is 37.0 Å². The summed E-state index contributed by atoms with van der Waals surface area (Å²) in [5.41, 5.74) is 1.92. The molecule has 0 bridgehead atoms. The number of benzene rings is 1. The van der Waals surface area contributed by atoms with Gasteiger partial charge in [-0.2, -0.15) is 0 Å². The van der Waals surface area contributed by atoms with Gasteiger partial charge in [-0.05, 0) is 37.4 Å². The number of nitrogens with one attached hydrogen (secondary N) is 1. The fourth-order valence-electron chi connectivity index (χ4n) is 2.46. The maximum Gasteiger partial charge on any atom is 0.234 e. The summed E-state index contributed by atoms with van der Waals surface area (Å²) in [6, 6.07) is 8.30. The van der Waals surface area contributed by atoms with Crippen LogP contribution in [0.4, 0.5) is 0 Å². The van der Waals surface area contributed by atoms with Crippen LogP contribution in [0, 0.1) is 6.92 Å². The lowest BCUT2D eigenvalue weighted by Crippen LogP contribution is -2.39. The Bertz CT molecular complexity index is 458. The molecule has 4 heteroatoms. The van der Waals surface area contributed by atoms with Crippen LogP contribution >= 0.6 is 0 Å². The molecule has 1 amide bonds. The summed E-state index contributed by atoms with van der Waals surface area (Å²) in [5, 5.41) is 13.0. The third-order valence-corrected chi connectivity index (χ3v) is 3.86. The van der Waals surface area contributed by atoms with Crippen molar-refractivity contribution in [1.29, 1.82) is 0 Å². The van der Waals surface area contributed by atoms with Gasteiger partial charge in [-0.25, -0.2) is 0 Å². The highest BCUT2D eigenvalue weighted by Crippen LogP contribution is 2.26. The summed E-state index contributed by atoms with van der Waals surface area (Å²) in [4.78, 5) is 14.1. The van der Waals surface area contributed by atoms with Crippen molar-refractivity contribution in [3.8, 4) is 0 Å². The normalized spacial score (nSPS) is 16.2. The standard InChI is InChI=1S/C16H24N2O2/c1-3-18(13-8-9-13)11-16(20)17-10-15(19)14-7-5-4-6-12(14)2/h4-7,13,15,19H,3,8-11H2,1-2H3,(H,17,20). The molecule has 0 radical (unpaired) electrons. The second kappa shape index (κ2) is 6.86. The first-order valence-electron chi connectivity index (χ1n) is 7.36. The zero-order valence-electron chi connectivity index (χ0n) is 12.3. The fraction of sp³-hybridized carbons (Fsp3) is 0.562. The third kappa shape index (κ3) is 4.05. The summed E-state index contributed by atoms with van der Waals surface area (Å²) < 4.78 is 0. The largest absolute Gasteiger partial charge is 0.387 e. The Morgan fingerprint density at radius 1 is 1.45 bits per heavy atom. The van der Waals surface area contributed by atoms with Crippen LogP contribution in [0.2, 0.25) is 0 Å². The Labute approximate surface area is 120 Å². The quantitative estimate of drug-likeness (QED) is 0.796. The van der Waals surface area contributed by atoms with E-state index in [0.717, 1.165) is 17.7 Å². The van der Waals surface area contributed by atoms with Gasteiger partial charge in [0.25, 0.3) is 0 Å². The van der Waals surface area contributed by atoms with Gasteiger partial charge in [0.2, 0.25) is 5.91 Å². The van der Waals surface area contributed by atoms with Crippen molar-refractivity contribution in [3.63, 3.8) is 0 Å². The first-order chi connectivity index (χ1) is 9.61. The molecule has 4 nitrogen and oxygen atoms in total. The average Bonchev–Trinajstić information content (AvgIpc) is 3.27. The Kier molecular flexibility index (Phi) is 5.15. The summed E-state index contributed by atoms with van der Waals surface area (Å²) in [6.07, 6.45) is 1.76. The lowest BCUT2D eigenvalue weighted by molar-refractivity contribution is -0.122. The monoisotopic (exact) mass is 276 g/mol. The molecular weight excluding hydrogens is 252 g/mol. The highest BCUT2D eigenvalue weighted by Gasteiger charge is 2.28. The van der Waals surface area contributed by atoms with Crippen molar-refractivity contribution in [2.75, 3.05) is 19.6 Å². The number of amides is 1. The van der Waals surface area contributed by atoms with Crippen LogP contribution < -0.4 is 5.32 Å². The van der Waals surface area contributed by atoms with Crippen molar-refractivity contribution in [2.24, 2.45) is 0 Å². The van der Waals surface area contributed by atoms with E-state index < -0.39 is 6.10 Å². The first kappa shape index (κ1) is 15.0. The van der Waals surface area contributed by atoms with Gasteiger partial charge < -0.3 is 10.4 Å². The molecular formula is C16H24N2O2. The van der Waals surface area contributed by atoms with Crippen molar-refractivity contribution in [1.82, 2.24) is 10.2 Å². The van der Waals surface area contributed by atoms with Crippen LogP contribution in [0.3, 0.4) is 0 Å². The smallest absolute Gasteiger partial charge is 0.234 e. The molecule has 0 aliphatic heterocycles. The van der Waals surface area contributed by atoms with Gasteiger partial charge in [0.15, 0.2) is 0 Å². The van der Waals surface area contributed by atoms with Gasteiger partial charge >= 0.3 is 0 Å². The maximum atomic E-state index is 11.9. The zero-order valence-corrected chi connectivity index (χ0v) is 12.3. The van der Waals surface area contributed by atoms with Gasteiger partial charge in [-0.1, -0.05) is 31.2 Å². The molecule has 110 valence electrons. The zero-order chi connectivity index (χ0) is 14.5. The summed E-state index contributed by atoms with van der Waals surface area (Å²) in [6.45, 7) is 5.64. The molecule has 0 spiro atoms. The number of hydrogen-bond donors (Lipinski definition) is 2. The lowest BCUT2D eigenvalue weighted by atomic mass is 10.0. The van der Waals surface area contributed by atoms with E-state index in [2.05, 4.69) is 17.1 Å². The van der Waals surface area contributed by atoms with Crippen molar-refractivity contribution in [2.45, 2.75) is 38.8 Å². The van der Waals surface area contributed by atoms with Crippen LogP contribution in [0.25, 0.3) is 0 Å². The molecule has 1 aliphatic carbocycles. The minimum Gasteiger partial charge on any atom is -0.387 e. The van der Waals surface area contributed by atoms with E-state index in [1.54, 1.807) is 0 Å². The van der Waals surface area contributed by atoms with Gasteiger partial charge in [0.1, 0.15) is 0 Å². The second-order valence-corrected chi connectivity index (χ2v) is 5.47. The molecule has 2 N–H and O–H groups in total. The van der Waals surface area contributed by atoms with E-state index in [0.29, 0.717) is 12.6 Å². The molecule has 2 rings (SSSR count). The number of carbonyl (C=O) groups is 1. The van der Waals surface area contributed by atoms with E-state index in [4.69, 9.17) is 0 Å². The van der Waals surface area contributed by atoms with Crippen LogP contribution in [-0.2, 0) is 4.79 Å². The molecule has 1 unspecified atom stereocenters. The number of hydrogen-bond acceptors (Lipinski definition) is 3. The van der Waals surface area contributed by atoms with Crippen LogP contribution in [-0.4, -0.2) is 41.6 Å². The molecule has 1 fully saturated rings. The Balaban J connectivity index is 1.79. The number of aliphatic hydroxyl groups excluding tert-OH is 1. The topological polar surface area (TPSA) is 52.6 Å². The number of likely N-dealkylation sites (N-methyl/N-ethyl adjacent to an activating group) is 1. The minimum atomic E-state index is -0.642. The number of carbonyl (C=O) groups excluding carboxylic acids is 1. The fourth-order valence-corrected chi connectivity index (χ4v) is 2.46. The van der Waals surface area contributed by atoms with Crippen LogP contribution in [0.5, 0.6) is 0 Å². The third-order valence-electron chi connectivity index (χ3n) is 3.86. The highest BCUT2D eigenvalue weighted by atomic mass is 16.3. The molecule has 1 aromatic rings. The number of rotatable bonds is 7. The summed E-state index contributed by atoms with van der Waals surface area (Å²) >= 11 is 0. The number of aliphatic hydroxyl groups is 1. The summed E-state index contributed by atoms with van der Waals surface area (Å²) in [5.74, 6) is -0.00798. The van der Waals surface area contributed by atoms with E-state index >= 15 is 0 Å². The SMILES string of the molecule is CCN(CC(=O)NCC(O)c1ccccc1C)C1CC1. The Hall–Kier alpha value is -1.39. The highest BCUT2D eigenvalue weighted by molar-refractivity contribution is 5.78.